The highest BCUT2D eigenvalue weighted by molar-refractivity contribution is 5.95. The lowest BCUT2D eigenvalue weighted by molar-refractivity contribution is -0.137. The molecule has 116 valence electrons. The quantitative estimate of drug-likeness (QED) is 0.528. The minimum Gasteiger partial charge on any atom is -0.372 e. The molecule has 0 fully saturated rings. The first-order valence-electron chi connectivity index (χ1n) is 7.24. The Morgan fingerprint density at radius 3 is 3.09 bits per heavy atom. The number of carbonyl (C=O) groups excluding carboxylic acids is 2. The van der Waals surface area contributed by atoms with Crippen LogP contribution in [0.1, 0.15) is 18.4 Å². The summed E-state index contributed by atoms with van der Waals surface area (Å²) in [6, 6.07) is 7.66. The van der Waals surface area contributed by atoms with Gasteiger partial charge < -0.3 is 10.1 Å². The Labute approximate surface area is 135 Å². The van der Waals surface area contributed by atoms with Crippen LogP contribution in [0.25, 0.3) is 0 Å². The summed E-state index contributed by atoms with van der Waals surface area (Å²) in [6.45, 7) is 3.47. The number of allylic oxidation sites excluding steroid dienone is 1. The van der Waals surface area contributed by atoms with Gasteiger partial charge in [-0.1, -0.05) is 24.1 Å². The van der Waals surface area contributed by atoms with Crippen LogP contribution in [0.4, 0.5) is 5.69 Å². The largest absolute Gasteiger partial charge is 0.372 e. The maximum absolute atomic E-state index is 12.0. The second kappa shape index (κ2) is 8.36. The Morgan fingerprint density at radius 1 is 1.43 bits per heavy atom. The van der Waals surface area contributed by atoms with Gasteiger partial charge in [0, 0.05) is 18.0 Å². The number of ether oxygens (including phenoxy) is 1. The average molecular weight is 306 g/mol. The molecule has 1 aromatic rings. The molecule has 1 amide bonds. The standard InChI is InChI=1S/C19H16NO3/c1-2-3-4-5-8-13-23-18(21)12-11-16-14-15-9-6-7-10-17(15)20-19(16)22/h2-3,6-7,9-10,16H,1,11-12,14H2,(H,20,22)/q-1. The fourth-order valence-electron chi connectivity index (χ4n) is 2.23. The van der Waals surface area contributed by atoms with Crippen molar-refractivity contribution in [3.63, 3.8) is 0 Å². The Bertz CT molecular complexity index is 728. The summed E-state index contributed by atoms with van der Waals surface area (Å²) in [6.07, 6.45) is 6.50. The molecule has 1 heterocycles. The number of nitrogens with one attached hydrogen (secondary N) is 1. The first-order chi connectivity index (χ1) is 11.2. The molecule has 1 aromatic carbocycles. The predicted molar refractivity (Wildman–Crippen MR) is 87.6 cm³/mol. The van der Waals surface area contributed by atoms with Crippen LogP contribution in [-0.2, 0) is 20.7 Å². The van der Waals surface area contributed by atoms with E-state index in [-0.39, 0.29) is 18.2 Å². The Hall–Kier alpha value is -3.11. The van der Waals surface area contributed by atoms with Gasteiger partial charge in [0.1, 0.15) is 6.11 Å². The van der Waals surface area contributed by atoms with Crippen LogP contribution >= 0.6 is 0 Å². The van der Waals surface area contributed by atoms with E-state index < -0.39 is 5.97 Å². The van der Waals surface area contributed by atoms with Crippen molar-refractivity contribution in [1.29, 1.82) is 0 Å². The SMILES string of the molecule is C=C[CH-]C#CC#COC(=O)CCC1Cc2ccccc2NC1=O. The fourth-order valence-corrected chi connectivity index (χ4v) is 2.23. The molecule has 1 aliphatic heterocycles. The molecule has 0 radical (unpaired) electrons. The average Bonchev–Trinajstić information content (AvgIpc) is 2.56. The number of esters is 1. The molecule has 23 heavy (non-hydrogen) atoms. The fraction of sp³-hybridized carbons (Fsp3) is 0.211. The molecule has 1 atom stereocenters. The van der Waals surface area contributed by atoms with Crippen LogP contribution in [0.5, 0.6) is 0 Å². The number of anilines is 1. The summed E-state index contributed by atoms with van der Waals surface area (Å²) < 4.78 is 4.74. The molecule has 0 saturated heterocycles. The first-order valence-corrected chi connectivity index (χ1v) is 7.24. The van der Waals surface area contributed by atoms with Gasteiger partial charge >= 0.3 is 5.97 Å². The van der Waals surface area contributed by atoms with E-state index in [0.29, 0.717) is 12.8 Å². The molecule has 0 aliphatic carbocycles. The third kappa shape index (κ3) is 4.98. The van der Waals surface area contributed by atoms with Crippen molar-refractivity contribution < 1.29 is 14.3 Å². The van der Waals surface area contributed by atoms with Gasteiger partial charge in [-0.2, -0.15) is 18.6 Å². The molecule has 1 aliphatic rings. The highest BCUT2D eigenvalue weighted by Gasteiger charge is 2.26. The van der Waals surface area contributed by atoms with Gasteiger partial charge in [-0.3, -0.25) is 9.59 Å². The van der Waals surface area contributed by atoms with Gasteiger partial charge in [0.15, 0.2) is 0 Å². The Kier molecular flexibility index (Phi) is 5.91. The lowest BCUT2D eigenvalue weighted by Gasteiger charge is -2.24. The molecule has 2 rings (SSSR count). The number of rotatable bonds is 4. The first kappa shape index (κ1) is 16.3. The van der Waals surface area contributed by atoms with E-state index in [1.165, 1.54) is 12.5 Å². The van der Waals surface area contributed by atoms with E-state index >= 15 is 0 Å². The molecule has 4 nitrogen and oxygen atoms in total. The van der Waals surface area contributed by atoms with Crippen LogP contribution in [0, 0.1) is 36.2 Å². The van der Waals surface area contributed by atoms with E-state index in [9.17, 15) is 9.59 Å². The molecule has 0 saturated carbocycles. The predicted octanol–water partition coefficient (Wildman–Crippen LogP) is 2.48. The van der Waals surface area contributed by atoms with Crippen molar-refractivity contribution >= 4 is 17.6 Å². The Balaban J connectivity index is 1.80. The minimum absolute atomic E-state index is 0.0617. The van der Waals surface area contributed by atoms with E-state index in [2.05, 4.69) is 35.8 Å². The van der Waals surface area contributed by atoms with Gasteiger partial charge in [-0.05, 0) is 24.5 Å². The van der Waals surface area contributed by atoms with Crippen molar-refractivity contribution in [3.05, 3.63) is 48.9 Å². The van der Waals surface area contributed by atoms with E-state index in [0.717, 1.165) is 11.3 Å². The summed E-state index contributed by atoms with van der Waals surface area (Å²) in [5.74, 6) is 6.73. The van der Waals surface area contributed by atoms with Gasteiger partial charge in [0.2, 0.25) is 5.91 Å². The lowest BCUT2D eigenvalue weighted by Crippen LogP contribution is -2.30. The summed E-state index contributed by atoms with van der Waals surface area (Å²) >= 11 is 0. The maximum Gasteiger partial charge on any atom is 0.319 e. The number of para-hydroxylation sites is 1. The van der Waals surface area contributed by atoms with Gasteiger partial charge in [-0.15, -0.1) is 6.42 Å². The normalized spacial score (nSPS) is 14.8. The molecule has 0 aromatic heterocycles. The van der Waals surface area contributed by atoms with Crippen LogP contribution in [0.3, 0.4) is 0 Å². The van der Waals surface area contributed by atoms with E-state index in [4.69, 9.17) is 4.74 Å². The number of fused-ring (bicyclic) bond motifs is 1. The van der Waals surface area contributed by atoms with Crippen molar-refractivity contribution in [2.75, 3.05) is 5.32 Å². The smallest absolute Gasteiger partial charge is 0.319 e. The van der Waals surface area contributed by atoms with Crippen molar-refractivity contribution in [2.45, 2.75) is 19.3 Å². The zero-order chi connectivity index (χ0) is 16.5. The third-order valence-electron chi connectivity index (χ3n) is 3.36. The van der Waals surface area contributed by atoms with Crippen LogP contribution < -0.4 is 5.32 Å². The number of hydrogen-bond donors (Lipinski definition) is 1. The second-order valence-corrected chi connectivity index (χ2v) is 4.96. The van der Waals surface area contributed by atoms with Crippen molar-refractivity contribution in [1.82, 2.24) is 0 Å². The number of hydrogen-bond acceptors (Lipinski definition) is 3. The molecule has 0 spiro atoms. The van der Waals surface area contributed by atoms with E-state index in [1.54, 1.807) is 0 Å². The number of amides is 1. The number of carbonyl (C=O) groups is 2. The summed E-state index contributed by atoms with van der Waals surface area (Å²) in [5.41, 5.74) is 1.93. The monoisotopic (exact) mass is 306 g/mol. The minimum atomic E-state index is -0.460. The molecule has 1 unspecified atom stereocenters. The Morgan fingerprint density at radius 2 is 2.26 bits per heavy atom. The maximum atomic E-state index is 12.0. The molecular formula is C19H16NO3-. The van der Waals surface area contributed by atoms with Gasteiger partial charge in [0.25, 0.3) is 0 Å². The molecule has 0 bridgehead atoms. The van der Waals surface area contributed by atoms with Crippen LogP contribution in [0.2, 0.25) is 0 Å². The summed E-state index contributed by atoms with van der Waals surface area (Å²) in [7, 11) is 0. The van der Waals surface area contributed by atoms with Gasteiger partial charge in [0.05, 0.1) is 0 Å². The zero-order valence-electron chi connectivity index (χ0n) is 12.6. The molecule has 4 heteroatoms. The summed E-state index contributed by atoms with van der Waals surface area (Å²) in [5, 5.41) is 2.86. The van der Waals surface area contributed by atoms with Crippen molar-refractivity contribution in [3.8, 4) is 23.9 Å². The highest BCUT2D eigenvalue weighted by atomic mass is 16.5. The second-order valence-electron chi connectivity index (χ2n) is 4.96. The topological polar surface area (TPSA) is 55.4 Å². The molecular weight excluding hydrogens is 290 g/mol. The zero-order valence-corrected chi connectivity index (χ0v) is 12.6. The van der Waals surface area contributed by atoms with Crippen LogP contribution in [0.15, 0.2) is 36.9 Å². The molecule has 1 N–H and O–H groups in total. The summed E-state index contributed by atoms with van der Waals surface area (Å²) in [4.78, 5) is 23.6. The van der Waals surface area contributed by atoms with E-state index in [1.807, 2.05) is 24.3 Å². The number of benzene rings is 1. The third-order valence-corrected chi connectivity index (χ3v) is 3.36. The highest BCUT2D eigenvalue weighted by Crippen LogP contribution is 2.27. The van der Waals surface area contributed by atoms with Crippen LogP contribution in [-0.4, -0.2) is 11.9 Å². The van der Waals surface area contributed by atoms with Gasteiger partial charge in [-0.25, -0.2) is 5.92 Å². The van der Waals surface area contributed by atoms with Crippen molar-refractivity contribution in [2.24, 2.45) is 5.92 Å². The lowest BCUT2D eigenvalue weighted by atomic mass is 9.90.